The maximum atomic E-state index is 6.58. The number of hydrogen-bond donors (Lipinski definition) is 0. The van der Waals surface area contributed by atoms with E-state index in [4.69, 9.17) is 21.1 Å². The van der Waals surface area contributed by atoms with Crippen LogP contribution in [-0.2, 0) is 22.4 Å². The molecule has 0 spiro atoms. The van der Waals surface area contributed by atoms with Crippen molar-refractivity contribution < 1.29 is 9.47 Å². The fraction of sp³-hybridized carbons (Fsp3) is 0.400. The summed E-state index contributed by atoms with van der Waals surface area (Å²) in [5, 5.41) is 0.755. The minimum absolute atomic E-state index is 0.0458. The molecule has 6 heteroatoms. The van der Waals surface area contributed by atoms with Crippen molar-refractivity contribution in [3.05, 3.63) is 82.4 Å². The van der Waals surface area contributed by atoms with Crippen LogP contribution in [0.2, 0.25) is 5.02 Å². The van der Waals surface area contributed by atoms with E-state index in [9.17, 15) is 0 Å². The van der Waals surface area contributed by atoms with E-state index in [2.05, 4.69) is 37.9 Å². The van der Waals surface area contributed by atoms with Crippen LogP contribution >= 0.6 is 23.4 Å². The lowest BCUT2D eigenvalue weighted by molar-refractivity contribution is -0.180. The summed E-state index contributed by atoms with van der Waals surface area (Å²) < 4.78 is 15.0. The minimum atomic E-state index is -0.643. The number of aromatic nitrogens is 2. The Kier molecular flexibility index (Phi) is 7.07. The lowest BCUT2D eigenvalue weighted by Gasteiger charge is -2.29. The monoisotopic (exact) mass is 456 g/mol. The molecular weight excluding hydrogens is 428 g/mol. The molecule has 2 atom stereocenters. The second-order valence-corrected chi connectivity index (χ2v) is 9.87. The van der Waals surface area contributed by atoms with E-state index in [1.54, 1.807) is 18.0 Å². The van der Waals surface area contributed by atoms with Crippen LogP contribution in [-0.4, -0.2) is 33.8 Å². The first-order valence-corrected chi connectivity index (χ1v) is 12.0. The van der Waals surface area contributed by atoms with E-state index in [-0.39, 0.29) is 6.10 Å². The van der Waals surface area contributed by atoms with Crippen molar-refractivity contribution in [3.63, 3.8) is 0 Å². The Balaban J connectivity index is 1.45. The maximum absolute atomic E-state index is 6.58. The number of thioether (sulfide) groups is 1. The summed E-state index contributed by atoms with van der Waals surface area (Å²) in [6.45, 7) is 7.77. The molecule has 2 heterocycles. The zero-order valence-corrected chi connectivity index (χ0v) is 19.9. The zero-order valence-electron chi connectivity index (χ0n) is 18.3. The predicted octanol–water partition coefficient (Wildman–Crippen LogP) is 6.00. The van der Waals surface area contributed by atoms with Gasteiger partial charge in [0.15, 0.2) is 5.79 Å². The van der Waals surface area contributed by atoms with Gasteiger partial charge in [-0.15, -0.1) is 11.8 Å². The van der Waals surface area contributed by atoms with Crippen molar-refractivity contribution in [1.82, 2.24) is 9.55 Å². The average Bonchev–Trinajstić information content (AvgIpc) is 3.37. The molecule has 31 heavy (non-hydrogen) atoms. The van der Waals surface area contributed by atoms with Crippen molar-refractivity contribution >= 4 is 23.4 Å². The van der Waals surface area contributed by atoms with Gasteiger partial charge in [0.2, 0.25) is 0 Å². The Labute approximate surface area is 193 Å². The van der Waals surface area contributed by atoms with Crippen LogP contribution in [0.5, 0.6) is 0 Å². The van der Waals surface area contributed by atoms with Crippen LogP contribution in [0.25, 0.3) is 0 Å². The van der Waals surface area contributed by atoms with Gasteiger partial charge in [-0.3, -0.25) is 0 Å². The number of benzene rings is 2. The van der Waals surface area contributed by atoms with Gasteiger partial charge in [0, 0.05) is 34.5 Å². The Morgan fingerprint density at radius 1 is 1.16 bits per heavy atom. The summed E-state index contributed by atoms with van der Waals surface area (Å²) in [5.74, 6) is 0.200. The molecule has 2 aromatic carbocycles. The molecule has 4 rings (SSSR count). The first-order valence-electron chi connectivity index (χ1n) is 10.6. The van der Waals surface area contributed by atoms with Gasteiger partial charge in [0.25, 0.3) is 0 Å². The highest BCUT2D eigenvalue weighted by Gasteiger charge is 2.41. The highest BCUT2D eigenvalue weighted by Crippen LogP contribution is 2.34. The van der Waals surface area contributed by atoms with E-state index in [0.717, 1.165) is 23.6 Å². The normalized spacial score (nSPS) is 21.0. The van der Waals surface area contributed by atoms with Crippen LogP contribution in [0, 0.1) is 20.8 Å². The quantitative estimate of drug-likeness (QED) is 0.389. The predicted molar refractivity (Wildman–Crippen MR) is 127 cm³/mol. The Hall–Kier alpha value is -1.79. The number of hydrogen-bond acceptors (Lipinski definition) is 4. The SMILES string of the molecule is Cc1cc(C)c(CCC2(Cn3ccnc3)OCC(CSc3ccc(Cl)cc3)O2)c(C)c1. The molecule has 4 nitrogen and oxygen atoms in total. The molecule has 1 fully saturated rings. The van der Waals surface area contributed by atoms with E-state index in [1.165, 1.54) is 27.1 Å². The molecule has 1 aromatic heterocycles. The number of ether oxygens (including phenoxy) is 2. The first-order chi connectivity index (χ1) is 14.9. The summed E-state index contributed by atoms with van der Waals surface area (Å²) in [6.07, 6.45) is 7.36. The number of aryl methyl sites for hydroxylation is 3. The standard InChI is InChI=1S/C25H29ClN2O2S/c1-18-12-19(2)24(20(3)13-18)8-9-25(16-28-11-10-27-17-28)29-14-22(30-25)15-31-23-6-4-21(26)5-7-23/h4-7,10-13,17,22H,8-9,14-16H2,1-3H3. The van der Waals surface area contributed by atoms with Crippen LogP contribution in [0.15, 0.2) is 60.0 Å². The van der Waals surface area contributed by atoms with Gasteiger partial charge in [0.05, 0.1) is 25.6 Å². The number of imidazole rings is 1. The van der Waals surface area contributed by atoms with Crippen LogP contribution in [0.1, 0.15) is 28.7 Å². The molecule has 0 bridgehead atoms. The lowest BCUT2D eigenvalue weighted by atomic mass is 9.94. The van der Waals surface area contributed by atoms with Crippen molar-refractivity contribution in [2.24, 2.45) is 0 Å². The third kappa shape index (κ3) is 5.72. The summed E-state index contributed by atoms with van der Waals surface area (Å²) in [4.78, 5) is 5.38. The van der Waals surface area contributed by atoms with Crippen molar-refractivity contribution in [3.8, 4) is 0 Å². The smallest absolute Gasteiger partial charge is 0.187 e. The second-order valence-electron chi connectivity index (χ2n) is 8.34. The van der Waals surface area contributed by atoms with E-state index in [1.807, 2.05) is 41.4 Å². The van der Waals surface area contributed by atoms with Crippen LogP contribution in [0.3, 0.4) is 0 Å². The minimum Gasteiger partial charge on any atom is -0.345 e. The molecular formula is C25H29ClN2O2S. The summed E-state index contributed by atoms with van der Waals surface area (Å²) in [7, 11) is 0. The highest BCUT2D eigenvalue weighted by atomic mass is 35.5. The molecule has 1 aliphatic rings. The van der Waals surface area contributed by atoms with Crippen molar-refractivity contribution in [2.75, 3.05) is 12.4 Å². The molecule has 0 radical (unpaired) electrons. The average molecular weight is 457 g/mol. The van der Waals surface area contributed by atoms with Crippen LogP contribution < -0.4 is 0 Å². The molecule has 0 aliphatic carbocycles. The van der Waals surface area contributed by atoms with E-state index >= 15 is 0 Å². The maximum Gasteiger partial charge on any atom is 0.187 e. The van der Waals surface area contributed by atoms with Crippen LogP contribution in [0.4, 0.5) is 0 Å². The summed E-state index contributed by atoms with van der Waals surface area (Å²) in [6, 6.07) is 12.4. The van der Waals surface area contributed by atoms with Gasteiger partial charge < -0.3 is 14.0 Å². The molecule has 1 aliphatic heterocycles. The van der Waals surface area contributed by atoms with Gasteiger partial charge in [-0.25, -0.2) is 4.98 Å². The lowest BCUT2D eigenvalue weighted by Crippen LogP contribution is -2.37. The third-order valence-electron chi connectivity index (χ3n) is 5.74. The van der Waals surface area contributed by atoms with Gasteiger partial charge in [-0.05, 0) is 68.1 Å². The zero-order chi connectivity index (χ0) is 21.8. The number of halogens is 1. The Morgan fingerprint density at radius 3 is 2.58 bits per heavy atom. The molecule has 2 unspecified atom stereocenters. The molecule has 0 N–H and O–H groups in total. The number of rotatable bonds is 8. The molecule has 0 saturated carbocycles. The van der Waals surface area contributed by atoms with Gasteiger partial charge >= 0.3 is 0 Å². The highest BCUT2D eigenvalue weighted by molar-refractivity contribution is 7.99. The topological polar surface area (TPSA) is 36.3 Å². The van der Waals surface area contributed by atoms with Gasteiger partial charge in [-0.1, -0.05) is 29.3 Å². The fourth-order valence-electron chi connectivity index (χ4n) is 4.29. The van der Waals surface area contributed by atoms with Crippen molar-refractivity contribution in [2.45, 2.75) is 56.9 Å². The third-order valence-corrected chi connectivity index (χ3v) is 7.14. The fourth-order valence-corrected chi connectivity index (χ4v) is 5.29. The molecule has 1 saturated heterocycles. The van der Waals surface area contributed by atoms with E-state index < -0.39 is 5.79 Å². The Morgan fingerprint density at radius 2 is 1.90 bits per heavy atom. The van der Waals surface area contributed by atoms with Gasteiger partial charge in [-0.2, -0.15) is 0 Å². The summed E-state index contributed by atoms with van der Waals surface area (Å²) >= 11 is 7.77. The number of nitrogens with zero attached hydrogens (tertiary/aromatic N) is 2. The summed E-state index contributed by atoms with van der Waals surface area (Å²) in [5.41, 5.74) is 5.37. The largest absolute Gasteiger partial charge is 0.345 e. The molecule has 3 aromatic rings. The van der Waals surface area contributed by atoms with Crippen molar-refractivity contribution in [1.29, 1.82) is 0 Å². The molecule has 164 valence electrons. The van der Waals surface area contributed by atoms with E-state index in [0.29, 0.717) is 13.2 Å². The second kappa shape index (κ2) is 9.78. The van der Waals surface area contributed by atoms with Gasteiger partial charge in [0.1, 0.15) is 0 Å². The molecule has 0 amide bonds. The Bertz CT molecular complexity index is 984. The first kappa shape index (κ1) is 22.4.